The Bertz CT molecular complexity index is 775. The van der Waals surface area contributed by atoms with E-state index in [1.54, 1.807) is 25.7 Å². The third-order valence-electron chi connectivity index (χ3n) is 3.99. The van der Waals surface area contributed by atoms with Crippen molar-refractivity contribution >= 4 is 0 Å². The number of aromatic amines is 1. The number of ether oxygens (including phenoxy) is 2. The molecule has 2 aromatic heterocycles. The summed E-state index contributed by atoms with van der Waals surface area (Å²) in [5.74, 6) is 1.45. The van der Waals surface area contributed by atoms with E-state index in [2.05, 4.69) is 33.5 Å². The van der Waals surface area contributed by atoms with Gasteiger partial charge in [0.25, 0.3) is 0 Å². The maximum Gasteiger partial charge on any atom is 0.161 e. The molecule has 0 radical (unpaired) electrons. The molecule has 6 heteroatoms. The Labute approximate surface area is 147 Å². The molecule has 0 aliphatic heterocycles. The summed E-state index contributed by atoms with van der Waals surface area (Å²) in [6.07, 6.45) is 5.26. The molecule has 0 saturated carbocycles. The van der Waals surface area contributed by atoms with Crippen LogP contribution in [0.2, 0.25) is 0 Å². The molecule has 0 fully saturated rings. The number of aromatic nitrogens is 3. The quantitative estimate of drug-likeness (QED) is 0.660. The van der Waals surface area contributed by atoms with E-state index in [0.717, 1.165) is 34.9 Å². The summed E-state index contributed by atoms with van der Waals surface area (Å²) in [6.45, 7) is 3.32. The molecule has 0 aliphatic carbocycles. The minimum Gasteiger partial charge on any atom is -0.493 e. The Kier molecular flexibility index (Phi) is 5.64. The van der Waals surface area contributed by atoms with E-state index in [1.165, 1.54) is 0 Å². The van der Waals surface area contributed by atoms with Crippen molar-refractivity contribution in [3.05, 3.63) is 71.8 Å². The number of nitrogens with zero attached hydrogens (tertiary/aromatic N) is 2. The van der Waals surface area contributed by atoms with Crippen molar-refractivity contribution in [3.8, 4) is 11.5 Å². The number of benzene rings is 1. The average molecular weight is 338 g/mol. The van der Waals surface area contributed by atoms with Gasteiger partial charge in [-0.15, -0.1) is 0 Å². The second-order valence-corrected chi connectivity index (χ2v) is 5.74. The first-order chi connectivity index (χ1) is 12.3. The van der Waals surface area contributed by atoms with E-state index in [0.29, 0.717) is 6.61 Å². The fourth-order valence-corrected chi connectivity index (χ4v) is 2.48. The largest absolute Gasteiger partial charge is 0.493 e. The Morgan fingerprint density at radius 3 is 2.64 bits per heavy atom. The van der Waals surface area contributed by atoms with Crippen LogP contribution >= 0.6 is 0 Å². The standard InChI is InChI=1S/C19H22N4O2/c1-14(21-12-17-7-10-22-23-17)16-3-4-18(19(11-16)24-2)25-13-15-5-8-20-9-6-15/h3-11,14,21H,12-13H2,1-2H3,(H,22,23). The van der Waals surface area contributed by atoms with Crippen LogP contribution in [0.4, 0.5) is 0 Å². The van der Waals surface area contributed by atoms with Gasteiger partial charge in [0.1, 0.15) is 6.61 Å². The fourth-order valence-electron chi connectivity index (χ4n) is 2.48. The topological polar surface area (TPSA) is 72.1 Å². The van der Waals surface area contributed by atoms with Crippen LogP contribution in [0.3, 0.4) is 0 Å². The zero-order valence-electron chi connectivity index (χ0n) is 14.4. The lowest BCUT2D eigenvalue weighted by Gasteiger charge is -2.17. The lowest BCUT2D eigenvalue weighted by atomic mass is 10.1. The molecule has 25 heavy (non-hydrogen) atoms. The summed E-state index contributed by atoms with van der Waals surface area (Å²) in [4.78, 5) is 4.01. The summed E-state index contributed by atoms with van der Waals surface area (Å²) in [7, 11) is 1.65. The third kappa shape index (κ3) is 4.58. The summed E-state index contributed by atoms with van der Waals surface area (Å²) in [5.41, 5.74) is 3.25. The lowest BCUT2D eigenvalue weighted by molar-refractivity contribution is 0.284. The molecule has 0 bridgehead atoms. The fraction of sp³-hybridized carbons (Fsp3) is 0.263. The maximum atomic E-state index is 5.88. The van der Waals surface area contributed by atoms with Crippen molar-refractivity contribution in [1.82, 2.24) is 20.5 Å². The van der Waals surface area contributed by atoms with Crippen LogP contribution < -0.4 is 14.8 Å². The first-order valence-corrected chi connectivity index (χ1v) is 8.17. The van der Waals surface area contributed by atoms with E-state index < -0.39 is 0 Å². The van der Waals surface area contributed by atoms with Crippen molar-refractivity contribution in [2.75, 3.05) is 7.11 Å². The highest BCUT2D eigenvalue weighted by Crippen LogP contribution is 2.31. The molecule has 1 aromatic carbocycles. The smallest absolute Gasteiger partial charge is 0.161 e. The number of nitrogens with one attached hydrogen (secondary N) is 2. The second-order valence-electron chi connectivity index (χ2n) is 5.74. The van der Waals surface area contributed by atoms with Gasteiger partial charge in [-0.25, -0.2) is 0 Å². The molecule has 0 aliphatic rings. The Morgan fingerprint density at radius 2 is 1.92 bits per heavy atom. The predicted octanol–water partition coefficient (Wildman–Crippen LogP) is 3.24. The number of rotatable bonds is 8. The Hall–Kier alpha value is -2.86. The molecule has 2 heterocycles. The number of hydrogen-bond acceptors (Lipinski definition) is 5. The highest BCUT2D eigenvalue weighted by atomic mass is 16.5. The van der Waals surface area contributed by atoms with E-state index >= 15 is 0 Å². The van der Waals surface area contributed by atoms with E-state index in [1.807, 2.05) is 30.3 Å². The highest BCUT2D eigenvalue weighted by Gasteiger charge is 2.11. The number of pyridine rings is 1. The van der Waals surface area contributed by atoms with Crippen LogP contribution in [0.1, 0.15) is 29.8 Å². The first-order valence-electron chi connectivity index (χ1n) is 8.17. The molecule has 1 unspecified atom stereocenters. The molecule has 2 N–H and O–H groups in total. The maximum absolute atomic E-state index is 5.88. The van der Waals surface area contributed by atoms with Gasteiger partial charge >= 0.3 is 0 Å². The van der Waals surface area contributed by atoms with Crippen molar-refractivity contribution in [3.63, 3.8) is 0 Å². The van der Waals surface area contributed by atoms with Gasteiger partial charge in [-0.05, 0) is 48.4 Å². The van der Waals surface area contributed by atoms with Gasteiger partial charge in [-0.3, -0.25) is 10.1 Å². The van der Waals surface area contributed by atoms with Gasteiger partial charge in [0, 0.05) is 36.9 Å². The van der Waals surface area contributed by atoms with Crippen LogP contribution in [0, 0.1) is 0 Å². The van der Waals surface area contributed by atoms with Crippen molar-refractivity contribution in [1.29, 1.82) is 0 Å². The van der Waals surface area contributed by atoms with Crippen LogP contribution in [-0.4, -0.2) is 22.3 Å². The van der Waals surface area contributed by atoms with Gasteiger partial charge in [0.05, 0.1) is 7.11 Å². The van der Waals surface area contributed by atoms with Gasteiger partial charge in [0.15, 0.2) is 11.5 Å². The van der Waals surface area contributed by atoms with Crippen LogP contribution in [0.25, 0.3) is 0 Å². The molecule has 0 spiro atoms. The molecule has 1 atom stereocenters. The average Bonchev–Trinajstić information content (AvgIpc) is 3.18. The SMILES string of the molecule is COc1cc(C(C)NCc2ccn[nH]2)ccc1OCc1ccncc1. The van der Waals surface area contributed by atoms with Crippen molar-refractivity contribution < 1.29 is 9.47 Å². The molecular formula is C19H22N4O2. The van der Waals surface area contributed by atoms with Crippen molar-refractivity contribution in [2.45, 2.75) is 26.1 Å². The minimum absolute atomic E-state index is 0.173. The molecule has 0 amide bonds. The monoisotopic (exact) mass is 338 g/mol. The molecular weight excluding hydrogens is 316 g/mol. The van der Waals surface area contributed by atoms with Crippen LogP contribution in [-0.2, 0) is 13.2 Å². The van der Waals surface area contributed by atoms with Gasteiger partial charge in [-0.1, -0.05) is 6.07 Å². The third-order valence-corrected chi connectivity index (χ3v) is 3.99. The summed E-state index contributed by atoms with van der Waals surface area (Å²) >= 11 is 0. The number of H-pyrrole nitrogens is 1. The lowest BCUT2D eigenvalue weighted by Crippen LogP contribution is -2.18. The zero-order valence-corrected chi connectivity index (χ0v) is 14.4. The van der Waals surface area contributed by atoms with E-state index in [-0.39, 0.29) is 6.04 Å². The van der Waals surface area contributed by atoms with Gasteiger partial charge in [-0.2, -0.15) is 5.10 Å². The van der Waals surface area contributed by atoms with E-state index in [9.17, 15) is 0 Å². The van der Waals surface area contributed by atoms with Gasteiger partial charge in [0.2, 0.25) is 0 Å². The van der Waals surface area contributed by atoms with E-state index in [4.69, 9.17) is 9.47 Å². The Balaban J connectivity index is 1.64. The molecule has 3 aromatic rings. The molecule has 6 nitrogen and oxygen atoms in total. The van der Waals surface area contributed by atoms with Crippen LogP contribution in [0.5, 0.6) is 11.5 Å². The minimum atomic E-state index is 0.173. The van der Waals surface area contributed by atoms with Gasteiger partial charge < -0.3 is 14.8 Å². The molecule has 3 rings (SSSR count). The number of hydrogen-bond donors (Lipinski definition) is 2. The normalized spacial score (nSPS) is 11.9. The summed E-state index contributed by atoms with van der Waals surface area (Å²) in [6, 6.07) is 12.0. The first kappa shape index (κ1) is 17.0. The van der Waals surface area contributed by atoms with Crippen LogP contribution in [0.15, 0.2) is 55.0 Å². The Morgan fingerprint density at radius 1 is 1.08 bits per heavy atom. The zero-order chi connectivity index (χ0) is 17.5. The summed E-state index contributed by atoms with van der Waals surface area (Å²) < 4.78 is 11.4. The molecule has 0 saturated heterocycles. The number of methoxy groups -OCH3 is 1. The second kappa shape index (κ2) is 8.30. The van der Waals surface area contributed by atoms with Crippen molar-refractivity contribution in [2.24, 2.45) is 0 Å². The predicted molar refractivity (Wildman–Crippen MR) is 95.4 cm³/mol. The highest BCUT2D eigenvalue weighted by molar-refractivity contribution is 5.44. The summed E-state index contributed by atoms with van der Waals surface area (Å²) in [5, 5.41) is 10.4. The molecule has 130 valence electrons.